The van der Waals surface area contributed by atoms with Gasteiger partial charge in [0.2, 0.25) is 0 Å². The molecule has 0 saturated heterocycles. The minimum atomic E-state index is 1.02. The van der Waals surface area contributed by atoms with E-state index in [4.69, 9.17) is 0 Å². The van der Waals surface area contributed by atoms with Crippen LogP contribution in [0.5, 0.6) is 0 Å². The van der Waals surface area contributed by atoms with Gasteiger partial charge in [-0.1, -0.05) is 113 Å². The van der Waals surface area contributed by atoms with Gasteiger partial charge in [-0.2, -0.15) is 0 Å². The lowest BCUT2D eigenvalue weighted by Crippen LogP contribution is -2.14. The van der Waals surface area contributed by atoms with Crippen LogP contribution in [0.4, 0.5) is 34.1 Å². The quantitative estimate of drug-likeness (QED) is 0.118. The van der Waals surface area contributed by atoms with Gasteiger partial charge < -0.3 is 9.80 Å². The fourth-order valence-electron chi connectivity index (χ4n) is 6.61. The predicted octanol–water partition coefficient (Wildman–Crippen LogP) is 13.6. The van der Waals surface area contributed by atoms with Crippen molar-refractivity contribution in [3.63, 3.8) is 0 Å². The molecule has 0 saturated carbocycles. The Kier molecular flexibility index (Phi) is 10.9. The Hall–Kier alpha value is -4.82. The first-order valence-corrected chi connectivity index (χ1v) is 18.1. The van der Waals surface area contributed by atoms with Crippen LogP contribution in [0, 0.1) is 0 Å². The molecule has 0 unspecified atom stereocenters. The summed E-state index contributed by atoms with van der Waals surface area (Å²) >= 11 is 0. The van der Waals surface area contributed by atoms with Crippen LogP contribution in [0.2, 0.25) is 0 Å². The summed E-state index contributed by atoms with van der Waals surface area (Å²) < 4.78 is 0. The standard InChI is InChI=1S/C46H50N2/c1-5-9-13-37-21-29-41(30-22-37)47(40-25-17-35(7-3)18-26-40)44-33-39-15-11-12-16-45(39)46(34-44)48(42-27-19-36(8-4)20-28-42)43-31-23-38(24-32-43)14-10-6-2/h11-12,15-34H,5-10,13-14H2,1-4H3. The van der Waals surface area contributed by atoms with Gasteiger partial charge >= 0.3 is 0 Å². The molecular formula is C46H50N2. The fraction of sp³-hybridized carbons (Fsp3) is 0.261. The molecule has 0 aromatic heterocycles. The van der Waals surface area contributed by atoms with E-state index >= 15 is 0 Å². The summed E-state index contributed by atoms with van der Waals surface area (Å²) in [5.74, 6) is 0. The molecule has 244 valence electrons. The van der Waals surface area contributed by atoms with Crippen molar-refractivity contribution in [3.05, 3.63) is 156 Å². The molecule has 0 aliphatic carbocycles. The molecule has 0 N–H and O–H groups in total. The second kappa shape index (κ2) is 15.8. The van der Waals surface area contributed by atoms with Crippen LogP contribution in [0.3, 0.4) is 0 Å². The summed E-state index contributed by atoms with van der Waals surface area (Å²) in [4.78, 5) is 4.87. The molecule has 0 aliphatic heterocycles. The lowest BCUT2D eigenvalue weighted by Gasteiger charge is -2.31. The zero-order chi connectivity index (χ0) is 33.3. The highest BCUT2D eigenvalue weighted by molar-refractivity contribution is 6.02. The Morgan fingerprint density at radius 3 is 1.25 bits per heavy atom. The van der Waals surface area contributed by atoms with E-state index in [-0.39, 0.29) is 0 Å². The number of hydrogen-bond acceptors (Lipinski definition) is 2. The van der Waals surface area contributed by atoms with Crippen molar-refractivity contribution in [2.24, 2.45) is 0 Å². The maximum absolute atomic E-state index is 2.45. The third-order valence-corrected chi connectivity index (χ3v) is 9.56. The maximum Gasteiger partial charge on any atom is 0.0560 e. The van der Waals surface area contributed by atoms with E-state index in [2.05, 4.69) is 171 Å². The zero-order valence-corrected chi connectivity index (χ0v) is 29.3. The van der Waals surface area contributed by atoms with Gasteiger partial charge in [-0.05, 0) is 127 Å². The number of hydrogen-bond donors (Lipinski definition) is 0. The Labute approximate surface area is 288 Å². The third kappa shape index (κ3) is 7.50. The van der Waals surface area contributed by atoms with Crippen molar-refractivity contribution < 1.29 is 0 Å². The van der Waals surface area contributed by atoms with Crippen molar-refractivity contribution in [2.75, 3.05) is 9.80 Å². The largest absolute Gasteiger partial charge is 0.310 e. The molecule has 0 aliphatic rings. The number of rotatable bonds is 14. The molecule has 0 atom stereocenters. The highest BCUT2D eigenvalue weighted by Gasteiger charge is 2.20. The molecule has 0 radical (unpaired) electrons. The molecule has 48 heavy (non-hydrogen) atoms. The Balaban J connectivity index is 1.55. The van der Waals surface area contributed by atoms with Crippen LogP contribution in [0.1, 0.15) is 75.6 Å². The molecule has 6 rings (SSSR count). The third-order valence-electron chi connectivity index (χ3n) is 9.56. The van der Waals surface area contributed by atoms with Crippen molar-refractivity contribution in [3.8, 4) is 0 Å². The van der Waals surface area contributed by atoms with E-state index in [9.17, 15) is 0 Å². The van der Waals surface area contributed by atoms with E-state index in [1.54, 1.807) is 0 Å². The van der Waals surface area contributed by atoms with Gasteiger partial charge in [-0.25, -0.2) is 0 Å². The van der Waals surface area contributed by atoms with Gasteiger partial charge in [-0.15, -0.1) is 0 Å². The van der Waals surface area contributed by atoms with Crippen LogP contribution < -0.4 is 9.80 Å². The smallest absolute Gasteiger partial charge is 0.0560 e. The minimum absolute atomic E-state index is 1.02. The first-order valence-electron chi connectivity index (χ1n) is 18.1. The van der Waals surface area contributed by atoms with Gasteiger partial charge in [0.25, 0.3) is 0 Å². The molecule has 0 spiro atoms. The number of benzene rings is 6. The summed E-state index contributed by atoms with van der Waals surface area (Å²) in [5.41, 5.74) is 12.4. The zero-order valence-electron chi connectivity index (χ0n) is 29.3. The first kappa shape index (κ1) is 33.1. The van der Waals surface area contributed by atoms with E-state index in [0.717, 1.165) is 42.7 Å². The van der Waals surface area contributed by atoms with Crippen molar-refractivity contribution >= 4 is 44.9 Å². The van der Waals surface area contributed by atoms with Gasteiger partial charge in [-0.3, -0.25) is 0 Å². The second-order valence-electron chi connectivity index (χ2n) is 12.9. The SMILES string of the molecule is CCCCc1ccc(N(c2ccc(CC)cc2)c2cc(N(c3ccc(CC)cc3)c3ccc(CCCC)cc3)c3ccccc3c2)cc1. The van der Waals surface area contributed by atoms with Gasteiger partial charge in [0.05, 0.1) is 5.69 Å². The van der Waals surface area contributed by atoms with Crippen molar-refractivity contribution in [1.82, 2.24) is 0 Å². The summed E-state index contributed by atoms with van der Waals surface area (Å²) in [7, 11) is 0. The van der Waals surface area contributed by atoms with Crippen molar-refractivity contribution in [2.45, 2.75) is 79.1 Å². The average Bonchev–Trinajstić information content (AvgIpc) is 3.15. The number of unbranched alkanes of at least 4 members (excludes halogenated alkanes) is 2. The minimum Gasteiger partial charge on any atom is -0.310 e. The van der Waals surface area contributed by atoms with Crippen LogP contribution in [0.25, 0.3) is 10.8 Å². The number of fused-ring (bicyclic) bond motifs is 1. The Bertz CT molecular complexity index is 1890. The summed E-state index contributed by atoms with van der Waals surface area (Å²) in [6.07, 6.45) is 9.11. The molecule has 0 amide bonds. The average molecular weight is 631 g/mol. The number of anilines is 6. The van der Waals surface area contributed by atoms with E-state index in [1.807, 2.05) is 0 Å². The molecule has 0 bridgehead atoms. The molecule has 2 nitrogen and oxygen atoms in total. The summed E-state index contributed by atoms with van der Waals surface area (Å²) in [5, 5.41) is 2.45. The van der Waals surface area contributed by atoms with Crippen LogP contribution in [-0.2, 0) is 25.7 Å². The maximum atomic E-state index is 2.45. The van der Waals surface area contributed by atoms with E-state index in [0.29, 0.717) is 0 Å². The number of nitrogens with zero attached hydrogens (tertiary/aromatic N) is 2. The van der Waals surface area contributed by atoms with E-state index in [1.165, 1.54) is 75.8 Å². The topological polar surface area (TPSA) is 6.48 Å². The van der Waals surface area contributed by atoms with Crippen LogP contribution >= 0.6 is 0 Å². The normalized spacial score (nSPS) is 11.2. The molecular weight excluding hydrogens is 581 g/mol. The van der Waals surface area contributed by atoms with E-state index < -0.39 is 0 Å². The second-order valence-corrected chi connectivity index (χ2v) is 12.9. The Morgan fingerprint density at radius 2 is 0.812 bits per heavy atom. The van der Waals surface area contributed by atoms with Crippen molar-refractivity contribution in [1.29, 1.82) is 0 Å². The lowest BCUT2D eigenvalue weighted by molar-refractivity contribution is 0.795. The summed E-state index contributed by atoms with van der Waals surface area (Å²) in [6, 6.07) is 50.2. The highest BCUT2D eigenvalue weighted by atomic mass is 15.2. The van der Waals surface area contributed by atoms with Crippen LogP contribution in [-0.4, -0.2) is 0 Å². The highest BCUT2D eigenvalue weighted by Crippen LogP contribution is 2.44. The fourth-order valence-corrected chi connectivity index (χ4v) is 6.61. The monoisotopic (exact) mass is 630 g/mol. The molecule has 2 heteroatoms. The van der Waals surface area contributed by atoms with Gasteiger partial charge in [0.15, 0.2) is 0 Å². The van der Waals surface area contributed by atoms with Gasteiger partial charge in [0, 0.05) is 33.8 Å². The number of aryl methyl sites for hydroxylation is 4. The molecule has 0 heterocycles. The van der Waals surface area contributed by atoms with Crippen LogP contribution in [0.15, 0.2) is 133 Å². The summed E-state index contributed by atoms with van der Waals surface area (Å²) in [6.45, 7) is 8.96. The predicted molar refractivity (Wildman–Crippen MR) is 209 cm³/mol. The molecule has 6 aromatic carbocycles. The molecule has 0 fully saturated rings. The first-order chi connectivity index (χ1) is 23.6. The molecule has 6 aromatic rings. The Morgan fingerprint density at radius 1 is 0.396 bits per heavy atom. The van der Waals surface area contributed by atoms with Gasteiger partial charge in [0.1, 0.15) is 0 Å². The lowest BCUT2D eigenvalue weighted by atomic mass is 10.0.